The van der Waals surface area contributed by atoms with Crippen LogP contribution in [0.3, 0.4) is 0 Å². The molecule has 0 radical (unpaired) electrons. The van der Waals surface area contributed by atoms with Crippen LogP contribution in [0.4, 0.5) is 0 Å². The van der Waals surface area contributed by atoms with Crippen LogP contribution in [0, 0.1) is 0 Å². The van der Waals surface area contributed by atoms with E-state index in [4.69, 9.17) is 11.6 Å². The number of nitrogens with zero attached hydrogens (tertiary/aromatic N) is 1. The third-order valence-corrected chi connectivity index (χ3v) is 7.49. The maximum atomic E-state index is 13.7. The third kappa shape index (κ3) is 6.43. The predicted octanol–water partition coefficient (Wildman–Crippen LogP) is 6.68. The largest absolute Gasteiger partial charge is 0.352 e. The van der Waals surface area contributed by atoms with E-state index in [2.05, 4.69) is 29.6 Å². The molecule has 1 atom stereocenters. The second kappa shape index (κ2) is 12.2. The Morgan fingerprint density at radius 3 is 2.40 bits per heavy atom. The maximum Gasteiger partial charge on any atom is 0.243 e. The molecule has 2 amide bonds. The van der Waals surface area contributed by atoms with E-state index in [1.807, 2.05) is 49.4 Å². The molecule has 0 bridgehead atoms. The minimum absolute atomic E-state index is 0.0245. The van der Waals surface area contributed by atoms with Crippen LogP contribution in [-0.4, -0.2) is 28.8 Å². The molecule has 0 saturated heterocycles. The van der Waals surface area contributed by atoms with Gasteiger partial charge in [-0.25, -0.2) is 0 Å². The Morgan fingerprint density at radius 1 is 0.943 bits per heavy atom. The number of rotatable bonds is 9. The summed E-state index contributed by atoms with van der Waals surface area (Å²) in [6, 6.07) is 21.7. The first-order chi connectivity index (χ1) is 17.1. The van der Waals surface area contributed by atoms with Crippen molar-refractivity contribution < 1.29 is 9.59 Å². The molecular formula is C30H35ClN2O2. The van der Waals surface area contributed by atoms with Gasteiger partial charge in [0.1, 0.15) is 6.04 Å². The molecule has 3 aromatic carbocycles. The lowest BCUT2D eigenvalue weighted by Crippen LogP contribution is -2.51. The minimum atomic E-state index is -0.520. The standard InChI is InChI=1S/C30H35ClN2O2/c1-2-28(30(35)32-25-15-4-3-5-16-25)33(21-24-12-7-9-18-27(24)31)29(34)20-19-23-14-10-13-22-11-6-8-17-26(22)23/h6-14,17-18,25,28H,2-5,15-16,19-21H2,1H3,(H,32,35)/t28-/m1/s1. The van der Waals surface area contributed by atoms with Crippen molar-refractivity contribution >= 4 is 34.2 Å². The average molecular weight is 491 g/mol. The van der Waals surface area contributed by atoms with Crippen molar-refractivity contribution in [2.75, 3.05) is 0 Å². The molecule has 0 aromatic heterocycles. The number of carbonyl (C=O) groups excluding carboxylic acids is 2. The van der Waals surface area contributed by atoms with Gasteiger partial charge in [-0.15, -0.1) is 0 Å². The quantitative estimate of drug-likeness (QED) is 0.363. The summed E-state index contributed by atoms with van der Waals surface area (Å²) in [7, 11) is 0. The Bertz CT molecular complexity index is 1150. The van der Waals surface area contributed by atoms with E-state index in [-0.39, 0.29) is 17.9 Å². The van der Waals surface area contributed by atoms with Gasteiger partial charge < -0.3 is 10.2 Å². The summed E-state index contributed by atoms with van der Waals surface area (Å²) < 4.78 is 0. The molecule has 4 rings (SSSR count). The fourth-order valence-electron chi connectivity index (χ4n) is 5.17. The van der Waals surface area contributed by atoms with Crippen molar-refractivity contribution in [2.24, 2.45) is 0 Å². The van der Waals surface area contributed by atoms with Gasteiger partial charge in [-0.3, -0.25) is 9.59 Å². The molecule has 35 heavy (non-hydrogen) atoms. The summed E-state index contributed by atoms with van der Waals surface area (Å²) >= 11 is 6.46. The normalized spacial score (nSPS) is 15.0. The topological polar surface area (TPSA) is 49.4 Å². The number of aryl methyl sites for hydroxylation is 1. The lowest BCUT2D eigenvalue weighted by molar-refractivity contribution is -0.141. The monoisotopic (exact) mass is 490 g/mol. The number of nitrogens with one attached hydrogen (secondary N) is 1. The summed E-state index contributed by atoms with van der Waals surface area (Å²) in [5.74, 6) is -0.0755. The predicted molar refractivity (Wildman–Crippen MR) is 143 cm³/mol. The van der Waals surface area contributed by atoms with Gasteiger partial charge in [-0.05, 0) is 53.6 Å². The van der Waals surface area contributed by atoms with Gasteiger partial charge in [0.25, 0.3) is 0 Å². The molecule has 1 N–H and O–H groups in total. The zero-order valence-electron chi connectivity index (χ0n) is 20.5. The van der Waals surface area contributed by atoms with Gasteiger partial charge in [0.15, 0.2) is 0 Å². The highest BCUT2D eigenvalue weighted by Gasteiger charge is 2.30. The summed E-state index contributed by atoms with van der Waals surface area (Å²) in [5.41, 5.74) is 2.01. The number of hydrogen-bond acceptors (Lipinski definition) is 2. The fraction of sp³-hybridized carbons (Fsp3) is 0.400. The third-order valence-electron chi connectivity index (χ3n) is 7.12. The van der Waals surface area contributed by atoms with Gasteiger partial charge in [-0.2, -0.15) is 0 Å². The highest BCUT2D eigenvalue weighted by molar-refractivity contribution is 6.31. The van der Waals surface area contributed by atoms with Gasteiger partial charge >= 0.3 is 0 Å². The smallest absolute Gasteiger partial charge is 0.243 e. The van der Waals surface area contributed by atoms with Crippen LogP contribution < -0.4 is 5.32 Å². The highest BCUT2D eigenvalue weighted by Crippen LogP contribution is 2.24. The molecule has 0 heterocycles. The van der Waals surface area contributed by atoms with Crippen LogP contribution in [0.1, 0.15) is 63.0 Å². The van der Waals surface area contributed by atoms with Gasteiger partial charge in [0.2, 0.25) is 11.8 Å². The van der Waals surface area contributed by atoms with Gasteiger partial charge in [0.05, 0.1) is 0 Å². The number of fused-ring (bicyclic) bond motifs is 1. The molecule has 1 saturated carbocycles. The van der Waals surface area contributed by atoms with Crippen molar-refractivity contribution in [3.05, 3.63) is 82.9 Å². The first-order valence-electron chi connectivity index (χ1n) is 12.9. The Labute approximate surface area is 213 Å². The van der Waals surface area contributed by atoms with Gasteiger partial charge in [0, 0.05) is 24.0 Å². The van der Waals surface area contributed by atoms with E-state index >= 15 is 0 Å². The van der Waals surface area contributed by atoms with E-state index in [9.17, 15) is 9.59 Å². The molecule has 0 unspecified atom stereocenters. The molecule has 1 aliphatic rings. The maximum absolute atomic E-state index is 13.7. The number of halogens is 1. The van der Waals surface area contributed by atoms with Crippen molar-refractivity contribution in [3.63, 3.8) is 0 Å². The van der Waals surface area contributed by atoms with Crippen molar-refractivity contribution in [2.45, 2.75) is 76.9 Å². The van der Waals surface area contributed by atoms with Crippen LogP contribution in [0.25, 0.3) is 10.8 Å². The molecule has 0 spiro atoms. The van der Waals surface area contributed by atoms with Crippen LogP contribution in [0.5, 0.6) is 0 Å². The lowest BCUT2D eigenvalue weighted by Gasteiger charge is -2.33. The van der Waals surface area contributed by atoms with Crippen molar-refractivity contribution in [1.29, 1.82) is 0 Å². The van der Waals surface area contributed by atoms with Crippen LogP contribution in [0.2, 0.25) is 5.02 Å². The van der Waals surface area contributed by atoms with E-state index < -0.39 is 6.04 Å². The molecule has 1 aliphatic carbocycles. The number of hydrogen-bond donors (Lipinski definition) is 1. The SMILES string of the molecule is CC[C@H](C(=O)NC1CCCCC1)N(Cc1ccccc1Cl)C(=O)CCc1cccc2ccccc12. The average Bonchev–Trinajstić information content (AvgIpc) is 2.88. The Morgan fingerprint density at radius 2 is 1.63 bits per heavy atom. The minimum Gasteiger partial charge on any atom is -0.352 e. The summed E-state index contributed by atoms with van der Waals surface area (Å²) in [6.07, 6.45) is 7.08. The number of benzene rings is 3. The molecule has 0 aliphatic heterocycles. The van der Waals surface area contributed by atoms with Crippen LogP contribution in [-0.2, 0) is 22.6 Å². The van der Waals surface area contributed by atoms with Gasteiger partial charge in [-0.1, -0.05) is 98.5 Å². The molecule has 4 nitrogen and oxygen atoms in total. The van der Waals surface area contributed by atoms with Crippen LogP contribution >= 0.6 is 11.6 Å². The Balaban J connectivity index is 1.54. The fourth-order valence-corrected chi connectivity index (χ4v) is 5.37. The summed E-state index contributed by atoms with van der Waals surface area (Å²) in [6.45, 7) is 2.30. The second-order valence-electron chi connectivity index (χ2n) is 9.52. The first kappa shape index (κ1) is 25.2. The van der Waals surface area contributed by atoms with E-state index in [0.717, 1.165) is 36.8 Å². The van der Waals surface area contributed by atoms with E-state index in [1.54, 1.807) is 4.90 Å². The molecule has 184 valence electrons. The number of amides is 2. The van der Waals surface area contributed by atoms with Crippen LogP contribution in [0.15, 0.2) is 66.7 Å². The van der Waals surface area contributed by atoms with Crippen molar-refractivity contribution in [1.82, 2.24) is 10.2 Å². The zero-order chi connectivity index (χ0) is 24.6. The zero-order valence-corrected chi connectivity index (χ0v) is 21.3. The first-order valence-corrected chi connectivity index (χ1v) is 13.2. The summed E-state index contributed by atoms with van der Waals surface area (Å²) in [4.78, 5) is 28.8. The summed E-state index contributed by atoms with van der Waals surface area (Å²) in [5, 5.41) is 6.19. The molecule has 5 heteroatoms. The molecular weight excluding hydrogens is 456 g/mol. The highest BCUT2D eigenvalue weighted by atomic mass is 35.5. The van der Waals surface area contributed by atoms with E-state index in [1.165, 1.54) is 17.2 Å². The molecule has 3 aromatic rings. The number of carbonyl (C=O) groups is 2. The van der Waals surface area contributed by atoms with E-state index in [0.29, 0.717) is 30.8 Å². The second-order valence-corrected chi connectivity index (χ2v) is 9.93. The van der Waals surface area contributed by atoms with Crippen molar-refractivity contribution in [3.8, 4) is 0 Å². The molecule has 1 fully saturated rings. The lowest BCUT2D eigenvalue weighted by atomic mass is 9.95. The Hall–Kier alpha value is -2.85. The Kier molecular flexibility index (Phi) is 8.81.